The average molecular weight is 390 g/mol. The van der Waals surface area contributed by atoms with Crippen LogP contribution in [0.1, 0.15) is 61.6 Å². The van der Waals surface area contributed by atoms with E-state index in [0.717, 1.165) is 29.7 Å². The number of esters is 1. The molecular weight excluding hydrogens is 368 g/mol. The van der Waals surface area contributed by atoms with E-state index in [-0.39, 0.29) is 0 Å². The molecule has 7 nitrogen and oxygen atoms in total. The van der Waals surface area contributed by atoms with Crippen molar-refractivity contribution < 1.29 is 23.5 Å². The summed E-state index contributed by atoms with van der Waals surface area (Å²) in [5.74, 6) is -0.604. The van der Waals surface area contributed by atoms with Crippen LogP contribution < -0.4 is 11.1 Å². The van der Waals surface area contributed by atoms with Crippen molar-refractivity contribution in [3.63, 3.8) is 0 Å². The number of hydrogen-bond acceptors (Lipinski definition) is 6. The maximum atomic E-state index is 12.5. The van der Waals surface area contributed by atoms with E-state index in [2.05, 4.69) is 5.32 Å². The predicted molar refractivity (Wildman–Crippen MR) is 101 cm³/mol. The van der Waals surface area contributed by atoms with Gasteiger partial charge >= 0.3 is 5.97 Å². The molecule has 2 aromatic rings. The van der Waals surface area contributed by atoms with Crippen LogP contribution in [0, 0.1) is 20.8 Å². The number of nitrogens with one attached hydrogen (secondary N) is 1. The summed E-state index contributed by atoms with van der Waals surface area (Å²) < 4.78 is 10.7. The van der Waals surface area contributed by atoms with Crippen LogP contribution in [0.5, 0.6) is 0 Å². The van der Waals surface area contributed by atoms with Crippen molar-refractivity contribution in [1.29, 1.82) is 0 Å². The quantitative estimate of drug-likeness (QED) is 0.762. The van der Waals surface area contributed by atoms with Crippen LogP contribution in [0.25, 0.3) is 0 Å². The molecule has 27 heavy (non-hydrogen) atoms. The van der Waals surface area contributed by atoms with Crippen LogP contribution in [0.4, 0.5) is 5.00 Å². The molecule has 8 heteroatoms. The first-order chi connectivity index (χ1) is 12.7. The van der Waals surface area contributed by atoms with Gasteiger partial charge in [0.15, 0.2) is 6.10 Å². The van der Waals surface area contributed by atoms with Gasteiger partial charge in [-0.2, -0.15) is 0 Å². The molecule has 0 saturated carbocycles. The van der Waals surface area contributed by atoms with E-state index >= 15 is 0 Å². The van der Waals surface area contributed by atoms with Gasteiger partial charge in [0.2, 0.25) is 0 Å². The van der Waals surface area contributed by atoms with Gasteiger partial charge < -0.3 is 20.2 Å². The number of amides is 2. The Bertz CT molecular complexity index is 941. The van der Waals surface area contributed by atoms with Crippen LogP contribution in [-0.4, -0.2) is 23.9 Å². The highest BCUT2D eigenvalue weighted by Gasteiger charge is 2.29. The number of primary amides is 1. The average Bonchev–Trinajstić information content (AvgIpc) is 3.20. The molecule has 0 radical (unpaired) electrons. The lowest BCUT2D eigenvalue weighted by atomic mass is 10.1. The van der Waals surface area contributed by atoms with Gasteiger partial charge in [-0.25, -0.2) is 4.79 Å². The second-order valence-corrected chi connectivity index (χ2v) is 7.78. The fraction of sp³-hybridized carbons (Fsp3) is 0.421. The Morgan fingerprint density at radius 3 is 2.44 bits per heavy atom. The predicted octanol–water partition coefficient (Wildman–Crippen LogP) is 3.04. The number of carbonyl (C=O) groups excluding carboxylic acids is 3. The molecule has 3 rings (SSSR count). The van der Waals surface area contributed by atoms with E-state index in [9.17, 15) is 14.4 Å². The third-order valence-electron chi connectivity index (χ3n) is 4.82. The lowest BCUT2D eigenvalue weighted by Crippen LogP contribution is -2.30. The molecule has 0 spiro atoms. The smallest absolute Gasteiger partial charge is 0.342 e. The molecule has 0 aliphatic heterocycles. The molecule has 144 valence electrons. The van der Waals surface area contributed by atoms with E-state index in [1.165, 1.54) is 18.3 Å². The molecule has 2 heterocycles. The highest BCUT2D eigenvalue weighted by atomic mass is 32.1. The molecule has 0 saturated heterocycles. The number of furan rings is 1. The highest BCUT2D eigenvalue weighted by molar-refractivity contribution is 7.17. The molecule has 2 amide bonds. The van der Waals surface area contributed by atoms with Crippen LogP contribution >= 0.6 is 11.3 Å². The molecule has 1 aliphatic carbocycles. The second-order valence-electron chi connectivity index (χ2n) is 6.68. The van der Waals surface area contributed by atoms with Gasteiger partial charge in [-0.3, -0.25) is 9.59 Å². The lowest BCUT2D eigenvalue weighted by Gasteiger charge is -2.13. The first kappa shape index (κ1) is 19.2. The molecular formula is C19H22N2O5S. The number of aryl methyl sites for hydroxylation is 3. The summed E-state index contributed by atoms with van der Waals surface area (Å²) in [5, 5.41) is 3.11. The number of carbonyl (C=O) groups is 3. The number of hydrogen-bond donors (Lipinski definition) is 2. The summed E-state index contributed by atoms with van der Waals surface area (Å²) in [4.78, 5) is 37.8. The van der Waals surface area contributed by atoms with Gasteiger partial charge in [0.05, 0.1) is 5.56 Å². The normalized spacial score (nSPS) is 13.9. The number of ether oxygens (including phenoxy) is 1. The second kappa shape index (κ2) is 7.19. The third-order valence-corrected chi connectivity index (χ3v) is 6.03. The third kappa shape index (κ3) is 3.49. The van der Waals surface area contributed by atoms with Gasteiger partial charge in [-0.15, -0.1) is 11.3 Å². The van der Waals surface area contributed by atoms with Crippen molar-refractivity contribution in [2.75, 3.05) is 5.32 Å². The zero-order valence-electron chi connectivity index (χ0n) is 15.7. The summed E-state index contributed by atoms with van der Waals surface area (Å²) in [6, 6.07) is 0. The van der Waals surface area contributed by atoms with Crippen molar-refractivity contribution in [3.05, 3.63) is 38.7 Å². The largest absolute Gasteiger partial charge is 0.465 e. The topological polar surface area (TPSA) is 112 Å². The van der Waals surface area contributed by atoms with Gasteiger partial charge in [0.1, 0.15) is 22.1 Å². The van der Waals surface area contributed by atoms with Crippen molar-refractivity contribution in [3.8, 4) is 0 Å². The molecule has 1 atom stereocenters. The Labute approximate surface area is 160 Å². The van der Waals surface area contributed by atoms with E-state index in [0.29, 0.717) is 33.2 Å². The van der Waals surface area contributed by atoms with Gasteiger partial charge in [-0.1, -0.05) is 0 Å². The Morgan fingerprint density at radius 2 is 1.85 bits per heavy atom. The van der Waals surface area contributed by atoms with Crippen LogP contribution in [-0.2, 0) is 22.4 Å². The van der Waals surface area contributed by atoms with E-state index in [1.807, 2.05) is 0 Å². The standard InChI is InChI=1S/C19H22N2O5S/c1-8-9(2)25-10(3)14(8)19(24)26-11(4)17(23)21-18-15(16(20)22)12-6-5-7-13(12)27-18/h11H,5-7H2,1-4H3,(H2,20,22)(H,21,23)/t11-/m0/s1. The summed E-state index contributed by atoms with van der Waals surface area (Å²) in [6.45, 7) is 6.68. The Morgan fingerprint density at radius 1 is 1.15 bits per heavy atom. The molecule has 0 fully saturated rings. The fourth-order valence-corrected chi connectivity index (χ4v) is 4.63. The SMILES string of the molecule is Cc1oc(C)c(C(=O)O[C@@H](C)C(=O)Nc2sc3c(c2C(N)=O)CCC3)c1C. The molecule has 0 bridgehead atoms. The number of nitrogens with two attached hydrogens (primary N) is 1. The summed E-state index contributed by atoms with van der Waals surface area (Å²) in [6.07, 6.45) is 1.60. The lowest BCUT2D eigenvalue weighted by molar-refractivity contribution is -0.123. The summed E-state index contributed by atoms with van der Waals surface area (Å²) in [7, 11) is 0. The van der Waals surface area contributed by atoms with Crippen LogP contribution in [0.3, 0.4) is 0 Å². The van der Waals surface area contributed by atoms with Crippen molar-refractivity contribution >= 4 is 34.1 Å². The maximum absolute atomic E-state index is 12.5. The maximum Gasteiger partial charge on any atom is 0.342 e. The minimum absolute atomic E-state index is 0.333. The number of thiophene rings is 1. The van der Waals surface area contributed by atoms with Gasteiger partial charge in [-0.05, 0) is 52.5 Å². The Balaban J connectivity index is 1.73. The first-order valence-corrected chi connectivity index (χ1v) is 9.55. The van der Waals surface area contributed by atoms with E-state index in [1.54, 1.807) is 20.8 Å². The van der Waals surface area contributed by atoms with Crippen LogP contribution in [0.15, 0.2) is 4.42 Å². The van der Waals surface area contributed by atoms with Crippen molar-refractivity contribution in [2.45, 2.75) is 53.1 Å². The zero-order chi connectivity index (χ0) is 19.9. The molecule has 2 aromatic heterocycles. The molecule has 1 aliphatic rings. The van der Waals surface area contributed by atoms with Gasteiger partial charge in [0.25, 0.3) is 11.8 Å². The molecule has 0 unspecified atom stereocenters. The summed E-state index contributed by atoms with van der Waals surface area (Å²) >= 11 is 1.36. The monoisotopic (exact) mass is 390 g/mol. The van der Waals surface area contributed by atoms with E-state index < -0.39 is 23.9 Å². The molecule has 3 N–H and O–H groups in total. The van der Waals surface area contributed by atoms with Gasteiger partial charge in [0, 0.05) is 10.4 Å². The number of anilines is 1. The zero-order valence-corrected chi connectivity index (χ0v) is 16.5. The number of rotatable bonds is 5. The van der Waals surface area contributed by atoms with E-state index in [4.69, 9.17) is 14.9 Å². The summed E-state index contributed by atoms with van der Waals surface area (Å²) in [5.41, 5.74) is 7.82. The minimum atomic E-state index is -1.04. The highest BCUT2D eigenvalue weighted by Crippen LogP contribution is 2.38. The first-order valence-electron chi connectivity index (χ1n) is 8.73. The van der Waals surface area contributed by atoms with Crippen molar-refractivity contribution in [2.24, 2.45) is 5.73 Å². The molecule has 0 aromatic carbocycles. The number of fused-ring (bicyclic) bond motifs is 1. The van der Waals surface area contributed by atoms with Crippen LogP contribution in [0.2, 0.25) is 0 Å². The Kier molecular flexibility index (Phi) is 5.10. The Hall–Kier alpha value is -2.61. The van der Waals surface area contributed by atoms with Crippen molar-refractivity contribution in [1.82, 2.24) is 0 Å². The fourth-order valence-electron chi connectivity index (χ4n) is 3.33. The minimum Gasteiger partial charge on any atom is -0.465 e.